The molecule has 116 valence electrons. The van der Waals surface area contributed by atoms with Gasteiger partial charge in [-0.25, -0.2) is 0 Å². The number of hydrogen-bond acceptors (Lipinski definition) is 3. The SMILES string of the molecule is CN(C)CCN(C(=O)CC1CCCC1)C1CCOCC1. The van der Waals surface area contributed by atoms with Gasteiger partial charge in [0, 0.05) is 38.8 Å². The van der Waals surface area contributed by atoms with E-state index in [1.807, 2.05) is 0 Å². The molecule has 20 heavy (non-hydrogen) atoms. The maximum atomic E-state index is 12.7. The molecule has 4 nitrogen and oxygen atoms in total. The summed E-state index contributed by atoms with van der Waals surface area (Å²) in [6.07, 6.45) is 7.90. The quantitative estimate of drug-likeness (QED) is 0.748. The Kier molecular flexibility index (Phi) is 6.30. The summed E-state index contributed by atoms with van der Waals surface area (Å²) in [5.41, 5.74) is 0. The number of carbonyl (C=O) groups is 1. The van der Waals surface area contributed by atoms with Gasteiger partial charge in [0.1, 0.15) is 0 Å². The summed E-state index contributed by atoms with van der Waals surface area (Å²) in [4.78, 5) is 17.0. The van der Waals surface area contributed by atoms with Crippen molar-refractivity contribution >= 4 is 5.91 Å². The number of amides is 1. The van der Waals surface area contributed by atoms with Crippen LogP contribution in [0.3, 0.4) is 0 Å². The van der Waals surface area contributed by atoms with Crippen molar-refractivity contribution in [2.24, 2.45) is 5.92 Å². The van der Waals surface area contributed by atoms with Crippen LogP contribution >= 0.6 is 0 Å². The van der Waals surface area contributed by atoms with Crippen molar-refractivity contribution in [1.29, 1.82) is 0 Å². The van der Waals surface area contributed by atoms with E-state index < -0.39 is 0 Å². The van der Waals surface area contributed by atoms with E-state index in [0.717, 1.165) is 45.6 Å². The molecule has 0 spiro atoms. The fourth-order valence-electron chi connectivity index (χ4n) is 3.39. The molecule has 0 N–H and O–H groups in total. The van der Waals surface area contributed by atoms with Crippen LogP contribution in [0.1, 0.15) is 44.9 Å². The fraction of sp³-hybridized carbons (Fsp3) is 0.938. The van der Waals surface area contributed by atoms with E-state index in [1.165, 1.54) is 25.7 Å². The van der Waals surface area contributed by atoms with Crippen LogP contribution in [0.15, 0.2) is 0 Å². The minimum Gasteiger partial charge on any atom is -0.381 e. The topological polar surface area (TPSA) is 32.8 Å². The van der Waals surface area contributed by atoms with Gasteiger partial charge >= 0.3 is 0 Å². The lowest BCUT2D eigenvalue weighted by Crippen LogP contribution is -2.46. The Labute approximate surface area is 123 Å². The van der Waals surface area contributed by atoms with E-state index in [1.54, 1.807) is 0 Å². The van der Waals surface area contributed by atoms with Gasteiger partial charge in [0.05, 0.1) is 0 Å². The largest absolute Gasteiger partial charge is 0.381 e. The monoisotopic (exact) mass is 282 g/mol. The third kappa shape index (κ3) is 4.74. The predicted molar refractivity (Wildman–Crippen MR) is 80.7 cm³/mol. The molecular weight excluding hydrogens is 252 g/mol. The van der Waals surface area contributed by atoms with Gasteiger partial charge in [-0.05, 0) is 45.7 Å². The molecule has 0 aromatic heterocycles. The van der Waals surface area contributed by atoms with Crippen molar-refractivity contribution in [3.05, 3.63) is 0 Å². The number of carbonyl (C=O) groups excluding carboxylic acids is 1. The summed E-state index contributed by atoms with van der Waals surface area (Å²) in [7, 11) is 4.15. The molecule has 0 aromatic carbocycles. The molecule has 0 bridgehead atoms. The van der Waals surface area contributed by atoms with Gasteiger partial charge in [-0.1, -0.05) is 12.8 Å². The number of ether oxygens (including phenoxy) is 1. The first-order valence-corrected chi connectivity index (χ1v) is 8.18. The van der Waals surface area contributed by atoms with Crippen LogP contribution < -0.4 is 0 Å². The highest BCUT2D eigenvalue weighted by Gasteiger charge is 2.28. The fourth-order valence-corrected chi connectivity index (χ4v) is 3.39. The second kappa shape index (κ2) is 7.99. The van der Waals surface area contributed by atoms with Gasteiger partial charge in [-0.3, -0.25) is 4.79 Å². The van der Waals surface area contributed by atoms with Crippen molar-refractivity contribution in [2.45, 2.75) is 51.0 Å². The Morgan fingerprint density at radius 2 is 1.70 bits per heavy atom. The summed E-state index contributed by atoms with van der Waals surface area (Å²) >= 11 is 0. The number of nitrogens with zero attached hydrogens (tertiary/aromatic N) is 2. The highest BCUT2D eigenvalue weighted by molar-refractivity contribution is 5.76. The summed E-state index contributed by atoms with van der Waals surface area (Å²) in [6, 6.07) is 0.401. The van der Waals surface area contributed by atoms with Crippen LogP contribution in [0.2, 0.25) is 0 Å². The highest BCUT2D eigenvalue weighted by atomic mass is 16.5. The van der Waals surface area contributed by atoms with E-state index in [2.05, 4.69) is 23.9 Å². The van der Waals surface area contributed by atoms with Crippen LogP contribution in [0.25, 0.3) is 0 Å². The van der Waals surface area contributed by atoms with Gasteiger partial charge in [0.15, 0.2) is 0 Å². The van der Waals surface area contributed by atoms with Gasteiger partial charge in [0.2, 0.25) is 5.91 Å². The minimum atomic E-state index is 0.380. The van der Waals surface area contributed by atoms with Crippen LogP contribution in [-0.4, -0.2) is 62.1 Å². The molecule has 0 radical (unpaired) electrons. The third-order valence-corrected chi connectivity index (χ3v) is 4.68. The molecule has 2 rings (SSSR count). The van der Waals surface area contributed by atoms with Gasteiger partial charge in [-0.2, -0.15) is 0 Å². The molecular formula is C16H30N2O2. The maximum absolute atomic E-state index is 12.7. The summed E-state index contributed by atoms with van der Waals surface area (Å²) < 4.78 is 5.44. The zero-order chi connectivity index (χ0) is 14.4. The molecule has 0 unspecified atom stereocenters. The van der Waals surface area contributed by atoms with E-state index in [9.17, 15) is 4.79 Å². The molecule has 2 aliphatic rings. The van der Waals surface area contributed by atoms with E-state index >= 15 is 0 Å². The first kappa shape index (κ1) is 15.8. The Morgan fingerprint density at radius 1 is 1.05 bits per heavy atom. The standard InChI is InChI=1S/C16H30N2O2/c1-17(2)9-10-18(15-7-11-20-12-8-15)16(19)13-14-5-3-4-6-14/h14-15H,3-13H2,1-2H3. The van der Waals surface area contributed by atoms with E-state index in [-0.39, 0.29) is 0 Å². The summed E-state index contributed by atoms with van der Waals surface area (Å²) in [5.74, 6) is 1.02. The van der Waals surface area contributed by atoms with E-state index in [4.69, 9.17) is 4.74 Å². The normalized spacial score (nSPS) is 21.6. The Hall–Kier alpha value is -0.610. The highest BCUT2D eigenvalue weighted by Crippen LogP contribution is 2.29. The molecule has 1 saturated carbocycles. The van der Waals surface area contributed by atoms with Gasteiger partial charge < -0.3 is 14.5 Å². The Morgan fingerprint density at radius 3 is 2.30 bits per heavy atom. The number of hydrogen-bond donors (Lipinski definition) is 0. The molecule has 0 aromatic rings. The molecule has 1 amide bonds. The van der Waals surface area contributed by atoms with Crippen LogP contribution in [0.5, 0.6) is 0 Å². The van der Waals surface area contributed by atoms with Crippen molar-refractivity contribution in [3.63, 3.8) is 0 Å². The summed E-state index contributed by atoms with van der Waals surface area (Å²) in [5, 5.41) is 0. The molecule has 1 aliphatic heterocycles. The number of likely N-dealkylation sites (N-methyl/N-ethyl adjacent to an activating group) is 1. The molecule has 2 fully saturated rings. The van der Waals surface area contributed by atoms with Crippen molar-refractivity contribution in [3.8, 4) is 0 Å². The minimum absolute atomic E-state index is 0.380. The summed E-state index contributed by atoms with van der Waals surface area (Å²) in [6.45, 7) is 3.43. The lowest BCUT2D eigenvalue weighted by Gasteiger charge is -2.35. The lowest BCUT2D eigenvalue weighted by molar-refractivity contribution is -0.136. The second-order valence-electron chi connectivity index (χ2n) is 6.59. The average Bonchev–Trinajstić information content (AvgIpc) is 2.92. The van der Waals surface area contributed by atoms with E-state index in [0.29, 0.717) is 17.9 Å². The molecule has 1 heterocycles. The van der Waals surface area contributed by atoms with Crippen molar-refractivity contribution in [2.75, 3.05) is 40.4 Å². The average molecular weight is 282 g/mol. The first-order chi connectivity index (χ1) is 9.66. The molecule has 4 heteroatoms. The molecule has 0 atom stereocenters. The van der Waals surface area contributed by atoms with Crippen molar-refractivity contribution in [1.82, 2.24) is 9.80 Å². The lowest BCUT2D eigenvalue weighted by atomic mass is 10.0. The van der Waals surface area contributed by atoms with Crippen LogP contribution in [0, 0.1) is 5.92 Å². The Balaban J connectivity index is 1.90. The van der Waals surface area contributed by atoms with Crippen LogP contribution in [0.4, 0.5) is 0 Å². The second-order valence-corrected chi connectivity index (χ2v) is 6.59. The van der Waals surface area contributed by atoms with Crippen LogP contribution in [-0.2, 0) is 9.53 Å². The van der Waals surface area contributed by atoms with Crippen molar-refractivity contribution < 1.29 is 9.53 Å². The zero-order valence-electron chi connectivity index (χ0n) is 13.1. The number of rotatable bonds is 6. The van der Waals surface area contributed by atoms with Gasteiger partial charge in [0.25, 0.3) is 0 Å². The maximum Gasteiger partial charge on any atom is 0.223 e. The molecule has 1 aliphatic carbocycles. The van der Waals surface area contributed by atoms with Gasteiger partial charge in [-0.15, -0.1) is 0 Å². The predicted octanol–water partition coefficient (Wildman–Crippen LogP) is 2.14. The Bertz CT molecular complexity index is 295. The molecule has 1 saturated heterocycles. The first-order valence-electron chi connectivity index (χ1n) is 8.18. The zero-order valence-corrected chi connectivity index (χ0v) is 13.1. The third-order valence-electron chi connectivity index (χ3n) is 4.68. The smallest absolute Gasteiger partial charge is 0.223 e.